The van der Waals surface area contributed by atoms with Gasteiger partial charge in [0.05, 0.1) is 0 Å². The monoisotopic (exact) mass is 558 g/mol. The van der Waals surface area contributed by atoms with Crippen LogP contribution in [0.3, 0.4) is 0 Å². The van der Waals surface area contributed by atoms with Crippen LogP contribution >= 0.6 is 0 Å². The minimum Gasteiger partial charge on any atom is -0.480 e. The van der Waals surface area contributed by atoms with E-state index in [0.717, 1.165) is 34.9 Å². The fraction of sp³-hybridized carbons (Fsp3) is 0.360. The van der Waals surface area contributed by atoms with Gasteiger partial charge >= 0.3 is 147 Å². The molecule has 0 saturated carbocycles. The number of benzene rings is 2. The summed E-state index contributed by atoms with van der Waals surface area (Å²) in [5.41, 5.74) is 0.948. The summed E-state index contributed by atoms with van der Waals surface area (Å²) < 4.78 is 6.78. The Morgan fingerprint density at radius 1 is 1.17 bits per heavy atom. The van der Waals surface area contributed by atoms with Crippen LogP contribution in [0.15, 0.2) is 53.5 Å². The Kier molecular flexibility index (Phi) is 10.6. The zero-order valence-electron chi connectivity index (χ0n) is 19.8. The zero-order valence-corrected chi connectivity index (χ0v) is 21.9. The standard InChI is InChI=1S/C25H31AsN4O6/c31-21-15-18(36-14-11-26-25-27-12-4-13-28-25)8-9-19(21)23(33)29-16-20(24(34)35)30-22(32)10-7-17-5-2-1-3-6-17/h1-3,5-6,8-9,15,20,26,31H,4,7,10-14,16H2,(H,27,28)(H,29,33)(H,30,32)(H,34,35)/t20-/m0/s1. The van der Waals surface area contributed by atoms with E-state index < -0.39 is 23.8 Å². The van der Waals surface area contributed by atoms with E-state index in [4.69, 9.17) is 4.74 Å². The van der Waals surface area contributed by atoms with Crippen LogP contribution in [0.25, 0.3) is 0 Å². The summed E-state index contributed by atoms with van der Waals surface area (Å²) >= 11 is -0.389. The first-order valence-corrected chi connectivity index (χ1v) is 14.3. The zero-order chi connectivity index (χ0) is 25.8. The molecule has 2 aromatic carbocycles. The molecule has 1 heterocycles. The third kappa shape index (κ3) is 8.92. The summed E-state index contributed by atoms with van der Waals surface area (Å²) in [6.45, 7) is 1.99. The van der Waals surface area contributed by atoms with Crippen molar-refractivity contribution in [3.63, 3.8) is 0 Å². The molecule has 2 amide bonds. The van der Waals surface area contributed by atoms with Crippen molar-refractivity contribution in [2.45, 2.75) is 30.5 Å². The van der Waals surface area contributed by atoms with Crippen molar-refractivity contribution in [3.8, 4) is 11.5 Å². The number of phenols is 1. The number of carbonyl (C=O) groups is 3. The van der Waals surface area contributed by atoms with Crippen molar-refractivity contribution in [1.29, 1.82) is 0 Å². The van der Waals surface area contributed by atoms with Gasteiger partial charge in [-0.3, -0.25) is 4.79 Å². The molecule has 2 aromatic rings. The van der Waals surface area contributed by atoms with Gasteiger partial charge in [0.25, 0.3) is 0 Å². The Labute approximate surface area is 216 Å². The van der Waals surface area contributed by atoms with Crippen LogP contribution in [0.5, 0.6) is 11.5 Å². The van der Waals surface area contributed by atoms with Gasteiger partial charge in [0.1, 0.15) is 0 Å². The third-order valence-corrected chi connectivity index (χ3v) is 7.72. The first kappa shape index (κ1) is 27.1. The van der Waals surface area contributed by atoms with Crippen molar-refractivity contribution >= 4 is 38.2 Å². The van der Waals surface area contributed by atoms with E-state index in [1.54, 1.807) is 6.07 Å². The maximum atomic E-state index is 12.5. The summed E-state index contributed by atoms with van der Waals surface area (Å²) in [6.07, 6.45) is 1.66. The molecule has 10 nitrogen and oxygen atoms in total. The van der Waals surface area contributed by atoms with E-state index >= 15 is 0 Å². The second-order valence-electron chi connectivity index (χ2n) is 8.12. The Morgan fingerprint density at radius 3 is 2.67 bits per heavy atom. The Morgan fingerprint density at radius 2 is 1.97 bits per heavy atom. The molecule has 0 spiro atoms. The van der Waals surface area contributed by atoms with Crippen LogP contribution in [0.2, 0.25) is 5.21 Å². The number of nitrogens with one attached hydrogen (secondary N) is 3. The number of carboxylic acid groups (broad SMARTS) is 1. The number of nitrogens with zero attached hydrogens (tertiary/aromatic N) is 1. The summed E-state index contributed by atoms with van der Waals surface area (Å²) in [4.78, 5) is 40.7. The molecular formula is C25H31AsN4O6. The van der Waals surface area contributed by atoms with Crippen LogP contribution in [0.1, 0.15) is 28.8 Å². The molecule has 0 aliphatic carbocycles. The Balaban J connectivity index is 1.43. The van der Waals surface area contributed by atoms with Gasteiger partial charge in [0.15, 0.2) is 0 Å². The average molecular weight is 558 g/mol. The molecule has 0 saturated heterocycles. The second-order valence-corrected chi connectivity index (χ2v) is 10.9. The molecule has 1 aliphatic heterocycles. The van der Waals surface area contributed by atoms with Crippen molar-refractivity contribution in [2.24, 2.45) is 4.99 Å². The molecule has 1 unspecified atom stereocenters. The molecule has 3 rings (SSSR count). The van der Waals surface area contributed by atoms with E-state index in [1.165, 1.54) is 12.1 Å². The first-order chi connectivity index (χ1) is 17.4. The number of aryl methyl sites for hydroxylation is 1. The van der Waals surface area contributed by atoms with E-state index in [1.807, 2.05) is 30.3 Å². The molecule has 0 bridgehead atoms. The van der Waals surface area contributed by atoms with E-state index in [9.17, 15) is 24.6 Å². The van der Waals surface area contributed by atoms with Crippen LogP contribution in [0, 0.1) is 0 Å². The molecule has 0 radical (unpaired) electrons. The molecule has 2 atom stereocenters. The predicted octanol–water partition coefficient (Wildman–Crippen LogP) is 0.907. The third-order valence-electron chi connectivity index (χ3n) is 5.36. The van der Waals surface area contributed by atoms with Gasteiger partial charge in [-0.2, -0.15) is 0 Å². The quantitative estimate of drug-likeness (QED) is 0.181. The number of rotatable bonds is 13. The molecule has 11 heteroatoms. The minimum atomic E-state index is -1.30. The number of aliphatic carboxylic acids is 1. The fourth-order valence-corrected chi connectivity index (χ4v) is 5.36. The number of aromatic hydroxyl groups is 1. The Bertz CT molecular complexity index is 1080. The van der Waals surface area contributed by atoms with Gasteiger partial charge in [0, 0.05) is 6.42 Å². The Hall–Kier alpha value is -3.52. The van der Waals surface area contributed by atoms with Gasteiger partial charge < -0.3 is 5.11 Å². The SMILES string of the molecule is O=C(CCc1ccccc1)N[C@@H](CNC(=O)c1ccc(OCC[AsH]C2=NCCCN2)cc1O)C(=O)O. The number of ether oxygens (including phenoxy) is 1. The summed E-state index contributed by atoms with van der Waals surface area (Å²) in [7, 11) is 0. The molecular weight excluding hydrogens is 527 g/mol. The van der Waals surface area contributed by atoms with Gasteiger partial charge in [-0.1, -0.05) is 30.3 Å². The number of aliphatic imine (C=N–C) groups is 1. The average Bonchev–Trinajstić information content (AvgIpc) is 2.88. The molecule has 5 N–H and O–H groups in total. The maximum absolute atomic E-state index is 12.5. The number of carboxylic acids is 1. The van der Waals surface area contributed by atoms with Crippen LogP contribution in [0.4, 0.5) is 0 Å². The molecule has 0 fully saturated rings. The summed E-state index contributed by atoms with van der Waals surface area (Å²) in [5.74, 6) is -2.20. The van der Waals surface area contributed by atoms with Crippen molar-refractivity contribution in [2.75, 3.05) is 26.2 Å². The smallest absolute Gasteiger partial charge is 0.480 e. The summed E-state index contributed by atoms with van der Waals surface area (Å²) in [6, 6.07) is 12.4. The van der Waals surface area contributed by atoms with Gasteiger partial charge in [-0.25, -0.2) is 4.79 Å². The van der Waals surface area contributed by atoms with Gasteiger partial charge in [-0.15, -0.1) is 0 Å². The van der Waals surface area contributed by atoms with Crippen molar-refractivity contribution < 1.29 is 29.3 Å². The second kappa shape index (κ2) is 14.1. The number of carbonyl (C=O) groups excluding carboxylic acids is 2. The topological polar surface area (TPSA) is 149 Å². The molecule has 192 valence electrons. The predicted molar refractivity (Wildman–Crippen MR) is 137 cm³/mol. The molecule has 36 heavy (non-hydrogen) atoms. The van der Waals surface area contributed by atoms with Gasteiger partial charge in [-0.05, 0) is 12.0 Å². The number of phenolic OH excluding ortho intramolecular Hbond substituents is 1. The fourth-order valence-electron chi connectivity index (χ4n) is 3.44. The van der Waals surface area contributed by atoms with E-state index in [0.29, 0.717) is 18.8 Å². The van der Waals surface area contributed by atoms with Gasteiger partial charge in [0.2, 0.25) is 5.91 Å². The van der Waals surface area contributed by atoms with Crippen LogP contribution < -0.4 is 20.7 Å². The molecule has 1 aliphatic rings. The minimum absolute atomic E-state index is 0.0175. The van der Waals surface area contributed by atoms with Crippen molar-refractivity contribution in [1.82, 2.24) is 16.0 Å². The first-order valence-electron chi connectivity index (χ1n) is 11.7. The van der Waals surface area contributed by atoms with Crippen molar-refractivity contribution in [3.05, 3.63) is 59.7 Å². The number of amides is 2. The number of hydrogen-bond donors (Lipinski definition) is 5. The summed E-state index contributed by atoms with van der Waals surface area (Å²) in [5, 5.41) is 28.8. The molecule has 0 aromatic heterocycles. The normalized spacial score (nSPS) is 13.9. The number of hydrogen-bond acceptors (Lipinski definition) is 7. The van der Waals surface area contributed by atoms with E-state index in [-0.39, 0.29) is 40.0 Å². The van der Waals surface area contributed by atoms with E-state index in [2.05, 4.69) is 20.9 Å². The van der Waals surface area contributed by atoms with Crippen LogP contribution in [-0.2, 0) is 16.0 Å². The van der Waals surface area contributed by atoms with Crippen LogP contribution in [-0.4, -0.2) is 80.7 Å². The number of amidine groups is 1.